The zero-order chi connectivity index (χ0) is 16.2. The molecule has 0 radical (unpaired) electrons. The maximum atomic E-state index is 12.7. The Bertz CT molecular complexity index is 565. The summed E-state index contributed by atoms with van der Waals surface area (Å²) >= 11 is 0. The van der Waals surface area contributed by atoms with Crippen LogP contribution in [0.15, 0.2) is 4.63 Å². The van der Waals surface area contributed by atoms with Gasteiger partial charge in [0.25, 0.3) is 0 Å². The molecule has 7 heteroatoms. The molecule has 2 amide bonds. The number of aromatic nitrogens is 2. The molecule has 3 rings (SSSR count). The third-order valence-electron chi connectivity index (χ3n) is 4.97. The maximum Gasteiger partial charge on any atom is 0.243 e. The van der Waals surface area contributed by atoms with Crippen LogP contribution in [0.1, 0.15) is 56.3 Å². The number of rotatable bonds is 4. The number of hydrogen-bond donors (Lipinski definition) is 1. The van der Waals surface area contributed by atoms with Gasteiger partial charge in [-0.2, -0.15) is 0 Å². The minimum Gasteiger partial charge on any atom is -0.348 e. The molecule has 1 N–H and O–H groups in total. The Morgan fingerprint density at radius 3 is 2.65 bits per heavy atom. The van der Waals surface area contributed by atoms with Crippen LogP contribution in [-0.2, 0) is 16.1 Å². The number of hydrogen-bond acceptors (Lipinski definition) is 5. The zero-order valence-corrected chi connectivity index (χ0v) is 13.6. The Kier molecular flexibility index (Phi) is 4.93. The molecule has 1 atom stereocenters. The van der Waals surface area contributed by atoms with E-state index in [1.165, 1.54) is 6.42 Å². The van der Waals surface area contributed by atoms with E-state index in [2.05, 4.69) is 20.3 Å². The van der Waals surface area contributed by atoms with Crippen LogP contribution in [0.2, 0.25) is 0 Å². The molecule has 2 fully saturated rings. The third kappa shape index (κ3) is 3.54. The topological polar surface area (TPSA) is 88.3 Å². The zero-order valence-electron chi connectivity index (χ0n) is 13.6. The van der Waals surface area contributed by atoms with Crippen LogP contribution < -0.4 is 5.32 Å². The van der Waals surface area contributed by atoms with Gasteiger partial charge in [-0.05, 0) is 32.6 Å². The molecule has 1 saturated carbocycles. The van der Waals surface area contributed by atoms with Crippen molar-refractivity contribution in [3.8, 4) is 0 Å². The summed E-state index contributed by atoms with van der Waals surface area (Å²) in [6.45, 7) is 2.76. The summed E-state index contributed by atoms with van der Waals surface area (Å²) in [5, 5.41) is 10.3. The van der Waals surface area contributed by atoms with E-state index in [4.69, 9.17) is 0 Å². The molecule has 0 unspecified atom stereocenters. The fourth-order valence-electron chi connectivity index (χ4n) is 3.59. The average molecular weight is 320 g/mol. The van der Waals surface area contributed by atoms with E-state index in [0.29, 0.717) is 17.9 Å². The Hall–Kier alpha value is -1.92. The van der Waals surface area contributed by atoms with Crippen molar-refractivity contribution >= 4 is 11.8 Å². The molecule has 2 heterocycles. The molecule has 1 saturated heterocycles. The molecular formula is C16H24N4O3. The summed E-state index contributed by atoms with van der Waals surface area (Å²) in [6, 6.07) is -0.343. The van der Waals surface area contributed by atoms with Gasteiger partial charge in [-0.1, -0.05) is 29.6 Å². The monoisotopic (exact) mass is 320 g/mol. The lowest BCUT2D eigenvalue weighted by atomic mass is 9.88. The SMILES string of the molecule is Cc1nonc1CNC(=O)[C@@H]1CCCN1C(=O)C1CCCCC1. The van der Waals surface area contributed by atoms with Crippen LogP contribution in [0.25, 0.3) is 0 Å². The second-order valence-corrected chi connectivity index (χ2v) is 6.54. The van der Waals surface area contributed by atoms with E-state index in [9.17, 15) is 9.59 Å². The molecule has 0 aromatic carbocycles. The number of carbonyl (C=O) groups excluding carboxylic acids is 2. The number of nitrogens with one attached hydrogen (secondary N) is 1. The van der Waals surface area contributed by atoms with E-state index in [-0.39, 0.29) is 30.3 Å². The molecule has 2 aliphatic rings. The maximum absolute atomic E-state index is 12.7. The molecule has 7 nitrogen and oxygen atoms in total. The van der Waals surface area contributed by atoms with Gasteiger partial charge < -0.3 is 10.2 Å². The van der Waals surface area contributed by atoms with Gasteiger partial charge >= 0.3 is 0 Å². The van der Waals surface area contributed by atoms with Crippen molar-refractivity contribution in [3.05, 3.63) is 11.4 Å². The highest BCUT2D eigenvalue weighted by atomic mass is 16.6. The summed E-state index contributed by atoms with van der Waals surface area (Å²) in [5.74, 6) is 0.176. The number of aryl methyl sites for hydroxylation is 1. The second kappa shape index (κ2) is 7.10. The largest absolute Gasteiger partial charge is 0.348 e. The first-order chi connectivity index (χ1) is 11.2. The third-order valence-corrected chi connectivity index (χ3v) is 4.97. The molecular weight excluding hydrogens is 296 g/mol. The highest BCUT2D eigenvalue weighted by Gasteiger charge is 2.37. The van der Waals surface area contributed by atoms with E-state index >= 15 is 0 Å². The summed E-state index contributed by atoms with van der Waals surface area (Å²) in [6.07, 6.45) is 7.03. The standard InChI is InChI=1S/C16H24N4O3/c1-11-13(19-23-18-11)10-17-15(21)14-8-5-9-20(14)16(22)12-6-3-2-4-7-12/h12,14H,2-10H2,1H3,(H,17,21)/t14-/m0/s1. The highest BCUT2D eigenvalue weighted by molar-refractivity contribution is 5.89. The van der Waals surface area contributed by atoms with Gasteiger partial charge in [0.1, 0.15) is 17.4 Å². The van der Waals surface area contributed by atoms with Crippen LogP contribution >= 0.6 is 0 Å². The van der Waals surface area contributed by atoms with Gasteiger partial charge in [0.2, 0.25) is 11.8 Å². The van der Waals surface area contributed by atoms with Gasteiger partial charge in [-0.3, -0.25) is 9.59 Å². The van der Waals surface area contributed by atoms with Crippen LogP contribution in [0.4, 0.5) is 0 Å². The Labute approximate surface area is 135 Å². The van der Waals surface area contributed by atoms with Crippen molar-refractivity contribution in [2.24, 2.45) is 5.92 Å². The van der Waals surface area contributed by atoms with Crippen LogP contribution in [-0.4, -0.2) is 39.6 Å². The summed E-state index contributed by atoms with van der Waals surface area (Å²) in [5.41, 5.74) is 1.30. The molecule has 0 bridgehead atoms. The van der Waals surface area contributed by atoms with E-state index in [1.807, 2.05) is 0 Å². The van der Waals surface area contributed by atoms with Gasteiger partial charge in [0, 0.05) is 12.5 Å². The molecule has 1 aromatic heterocycles. The average Bonchev–Trinajstić information content (AvgIpc) is 3.22. The summed E-state index contributed by atoms with van der Waals surface area (Å²) < 4.78 is 4.63. The van der Waals surface area contributed by atoms with Crippen LogP contribution in [0.3, 0.4) is 0 Å². The molecule has 0 spiro atoms. The van der Waals surface area contributed by atoms with Crippen LogP contribution in [0.5, 0.6) is 0 Å². The smallest absolute Gasteiger partial charge is 0.243 e. The van der Waals surface area contributed by atoms with Crippen molar-refractivity contribution in [1.29, 1.82) is 0 Å². The predicted octanol–water partition coefficient (Wildman–Crippen LogP) is 1.57. The Morgan fingerprint density at radius 2 is 1.96 bits per heavy atom. The van der Waals surface area contributed by atoms with Crippen molar-refractivity contribution in [1.82, 2.24) is 20.5 Å². The number of carbonyl (C=O) groups is 2. The van der Waals surface area contributed by atoms with E-state index in [1.54, 1.807) is 11.8 Å². The Morgan fingerprint density at radius 1 is 1.17 bits per heavy atom. The minimum absolute atomic E-state index is 0.103. The molecule has 1 aliphatic carbocycles. The lowest BCUT2D eigenvalue weighted by Gasteiger charge is -2.30. The number of amides is 2. The first-order valence-electron chi connectivity index (χ1n) is 8.53. The lowest BCUT2D eigenvalue weighted by Crippen LogP contribution is -2.48. The van der Waals surface area contributed by atoms with Crippen molar-refractivity contribution in [2.75, 3.05) is 6.54 Å². The van der Waals surface area contributed by atoms with E-state index < -0.39 is 0 Å². The summed E-state index contributed by atoms with van der Waals surface area (Å²) in [4.78, 5) is 27.0. The van der Waals surface area contributed by atoms with Gasteiger partial charge in [0.05, 0.1) is 6.54 Å². The fraction of sp³-hybridized carbons (Fsp3) is 0.750. The first kappa shape index (κ1) is 16.0. The fourth-order valence-corrected chi connectivity index (χ4v) is 3.59. The quantitative estimate of drug-likeness (QED) is 0.909. The van der Waals surface area contributed by atoms with Crippen LogP contribution in [0, 0.1) is 12.8 Å². The first-order valence-corrected chi connectivity index (χ1v) is 8.53. The molecule has 126 valence electrons. The predicted molar refractivity (Wildman–Crippen MR) is 82.2 cm³/mol. The molecule has 23 heavy (non-hydrogen) atoms. The van der Waals surface area contributed by atoms with Crippen molar-refractivity contribution in [2.45, 2.75) is 64.5 Å². The molecule has 1 aromatic rings. The van der Waals surface area contributed by atoms with Crippen molar-refractivity contribution < 1.29 is 14.2 Å². The van der Waals surface area contributed by atoms with Crippen molar-refractivity contribution in [3.63, 3.8) is 0 Å². The minimum atomic E-state index is -0.343. The number of nitrogens with zero attached hydrogens (tertiary/aromatic N) is 3. The summed E-state index contributed by atoms with van der Waals surface area (Å²) in [7, 11) is 0. The normalized spacial score (nSPS) is 22.3. The number of likely N-dealkylation sites (tertiary alicyclic amines) is 1. The second-order valence-electron chi connectivity index (χ2n) is 6.54. The molecule has 1 aliphatic heterocycles. The van der Waals surface area contributed by atoms with Gasteiger partial charge in [-0.25, -0.2) is 4.63 Å². The van der Waals surface area contributed by atoms with Gasteiger partial charge in [0.15, 0.2) is 0 Å². The Balaban J connectivity index is 1.58. The van der Waals surface area contributed by atoms with Gasteiger partial charge in [-0.15, -0.1) is 0 Å². The lowest BCUT2D eigenvalue weighted by molar-refractivity contribution is -0.142. The highest BCUT2D eigenvalue weighted by Crippen LogP contribution is 2.28. The van der Waals surface area contributed by atoms with E-state index in [0.717, 1.165) is 38.5 Å².